The van der Waals surface area contributed by atoms with E-state index in [2.05, 4.69) is 48.3 Å². The first-order valence-corrected chi connectivity index (χ1v) is 6.61. The minimum atomic E-state index is 0.130. The van der Waals surface area contributed by atoms with Gasteiger partial charge in [0.15, 0.2) is 0 Å². The Morgan fingerprint density at radius 1 is 1.21 bits per heavy atom. The summed E-state index contributed by atoms with van der Waals surface area (Å²) >= 11 is 0. The normalized spacial score (nSPS) is 11.8. The zero-order valence-electron chi connectivity index (χ0n) is 12.1. The van der Waals surface area contributed by atoms with Gasteiger partial charge < -0.3 is 5.32 Å². The molecular weight excluding hydrogens is 236 g/mol. The number of nitrogens with one attached hydrogen (secondary N) is 1. The fourth-order valence-corrected chi connectivity index (χ4v) is 1.74. The summed E-state index contributed by atoms with van der Waals surface area (Å²) in [7, 11) is 0. The molecule has 0 bridgehead atoms. The second-order valence-corrected chi connectivity index (χ2v) is 5.92. The van der Waals surface area contributed by atoms with Crippen LogP contribution in [0.1, 0.15) is 37.7 Å². The summed E-state index contributed by atoms with van der Waals surface area (Å²) in [5.74, 6) is 0. The van der Waals surface area contributed by atoms with Crippen molar-refractivity contribution in [3.8, 4) is 0 Å². The lowest BCUT2D eigenvalue weighted by Gasteiger charge is -2.20. The molecule has 0 aromatic carbocycles. The van der Waals surface area contributed by atoms with Crippen molar-refractivity contribution >= 4 is 0 Å². The highest BCUT2D eigenvalue weighted by molar-refractivity contribution is 5.14. The predicted octanol–water partition coefficient (Wildman–Crippen LogP) is 2.52. The minimum absolute atomic E-state index is 0.130. The van der Waals surface area contributed by atoms with Crippen molar-refractivity contribution in [3.05, 3.63) is 47.5 Å². The van der Waals surface area contributed by atoms with Crippen LogP contribution < -0.4 is 5.32 Å². The SMILES string of the molecule is Cc1ccn(Cc2ccc(CNC(C)(C)C)cn2)n1. The maximum absolute atomic E-state index is 4.48. The molecule has 4 nitrogen and oxygen atoms in total. The van der Waals surface area contributed by atoms with Gasteiger partial charge in [-0.3, -0.25) is 9.67 Å². The van der Waals surface area contributed by atoms with Gasteiger partial charge in [0.05, 0.1) is 17.9 Å². The first-order chi connectivity index (χ1) is 8.92. The Balaban J connectivity index is 1.95. The Hall–Kier alpha value is -1.68. The van der Waals surface area contributed by atoms with Crippen LogP contribution in [0.5, 0.6) is 0 Å². The van der Waals surface area contributed by atoms with Crippen LogP contribution in [0, 0.1) is 6.92 Å². The third-order valence-electron chi connectivity index (χ3n) is 2.81. The third-order valence-corrected chi connectivity index (χ3v) is 2.81. The van der Waals surface area contributed by atoms with Crippen molar-refractivity contribution in [1.29, 1.82) is 0 Å². The molecule has 2 aromatic heterocycles. The quantitative estimate of drug-likeness (QED) is 0.916. The van der Waals surface area contributed by atoms with Crippen LogP contribution in [-0.2, 0) is 13.1 Å². The van der Waals surface area contributed by atoms with Crippen molar-refractivity contribution in [2.75, 3.05) is 0 Å². The molecule has 4 heteroatoms. The van der Waals surface area contributed by atoms with E-state index in [1.807, 2.05) is 30.1 Å². The summed E-state index contributed by atoms with van der Waals surface area (Å²) in [4.78, 5) is 4.48. The largest absolute Gasteiger partial charge is 0.308 e. The molecular formula is C15H22N4. The van der Waals surface area contributed by atoms with Gasteiger partial charge in [-0.1, -0.05) is 6.07 Å². The summed E-state index contributed by atoms with van der Waals surface area (Å²) in [5, 5.41) is 7.81. The number of aryl methyl sites for hydroxylation is 1. The van der Waals surface area contributed by atoms with Gasteiger partial charge in [0.2, 0.25) is 0 Å². The standard InChI is InChI=1S/C15H22N4/c1-12-7-8-19(18-12)11-14-6-5-13(9-16-14)10-17-15(2,3)4/h5-9,17H,10-11H2,1-4H3. The lowest BCUT2D eigenvalue weighted by molar-refractivity contribution is 0.424. The van der Waals surface area contributed by atoms with E-state index in [4.69, 9.17) is 0 Å². The zero-order valence-corrected chi connectivity index (χ0v) is 12.1. The molecule has 0 saturated carbocycles. The summed E-state index contributed by atoms with van der Waals surface area (Å²) < 4.78 is 1.91. The Kier molecular flexibility index (Phi) is 4.00. The molecule has 0 amide bonds. The van der Waals surface area contributed by atoms with Gasteiger partial charge in [-0.05, 0) is 45.4 Å². The van der Waals surface area contributed by atoms with Crippen LogP contribution in [-0.4, -0.2) is 20.3 Å². The molecule has 0 aliphatic heterocycles. The first kappa shape index (κ1) is 13.7. The molecule has 0 aliphatic rings. The Labute approximate surface area is 114 Å². The van der Waals surface area contributed by atoms with Gasteiger partial charge in [0.25, 0.3) is 0 Å². The lowest BCUT2D eigenvalue weighted by Crippen LogP contribution is -2.35. The van der Waals surface area contributed by atoms with Crippen molar-refractivity contribution in [2.45, 2.75) is 46.3 Å². The molecule has 0 aliphatic carbocycles. The molecule has 102 valence electrons. The molecule has 0 atom stereocenters. The summed E-state index contributed by atoms with van der Waals surface area (Å²) in [5.41, 5.74) is 3.40. The second-order valence-electron chi connectivity index (χ2n) is 5.92. The van der Waals surface area contributed by atoms with E-state index in [9.17, 15) is 0 Å². The number of rotatable bonds is 4. The van der Waals surface area contributed by atoms with Crippen LogP contribution in [0.25, 0.3) is 0 Å². The van der Waals surface area contributed by atoms with Gasteiger partial charge in [0, 0.05) is 24.5 Å². The average Bonchev–Trinajstić information content (AvgIpc) is 2.73. The number of aromatic nitrogens is 3. The highest BCUT2D eigenvalue weighted by atomic mass is 15.3. The van der Waals surface area contributed by atoms with E-state index in [-0.39, 0.29) is 5.54 Å². The van der Waals surface area contributed by atoms with Gasteiger partial charge in [-0.15, -0.1) is 0 Å². The van der Waals surface area contributed by atoms with Gasteiger partial charge in [-0.25, -0.2) is 0 Å². The molecule has 0 saturated heterocycles. The van der Waals surface area contributed by atoms with Gasteiger partial charge in [-0.2, -0.15) is 5.10 Å². The van der Waals surface area contributed by atoms with Gasteiger partial charge in [0.1, 0.15) is 0 Å². The zero-order chi connectivity index (χ0) is 13.9. The van der Waals surface area contributed by atoms with Crippen molar-refractivity contribution < 1.29 is 0 Å². The lowest BCUT2D eigenvalue weighted by atomic mass is 10.1. The molecule has 1 N–H and O–H groups in total. The number of pyridine rings is 1. The van der Waals surface area contributed by atoms with Crippen LogP contribution in [0.4, 0.5) is 0 Å². The van der Waals surface area contributed by atoms with Crippen LogP contribution in [0.3, 0.4) is 0 Å². The number of nitrogens with zero attached hydrogens (tertiary/aromatic N) is 3. The van der Waals surface area contributed by atoms with E-state index in [1.54, 1.807) is 0 Å². The Bertz CT molecular complexity index is 520. The van der Waals surface area contributed by atoms with E-state index < -0.39 is 0 Å². The highest BCUT2D eigenvalue weighted by Gasteiger charge is 2.08. The van der Waals surface area contributed by atoms with Crippen molar-refractivity contribution in [2.24, 2.45) is 0 Å². The van der Waals surface area contributed by atoms with E-state index in [0.717, 1.165) is 24.5 Å². The molecule has 2 heterocycles. The third kappa shape index (κ3) is 4.48. The Morgan fingerprint density at radius 3 is 2.53 bits per heavy atom. The Morgan fingerprint density at radius 2 is 2.00 bits per heavy atom. The predicted molar refractivity (Wildman–Crippen MR) is 76.9 cm³/mol. The molecule has 19 heavy (non-hydrogen) atoms. The van der Waals surface area contributed by atoms with E-state index in [1.165, 1.54) is 5.56 Å². The maximum atomic E-state index is 4.48. The molecule has 0 unspecified atom stereocenters. The first-order valence-electron chi connectivity index (χ1n) is 6.61. The topological polar surface area (TPSA) is 42.7 Å². The van der Waals surface area contributed by atoms with Crippen molar-refractivity contribution in [1.82, 2.24) is 20.1 Å². The molecule has 2 aromatic rings. The van der Waals surface area contributed by atoms with Crippen LogP contribution in [0.15, 0.2) is 30.6 Å². The fourth-order valence-electron chi connectivity index (χ4n) is 1.74. The smallest absolute Gasteiger partial charge is 0.0831 e. The molecule has 0 radical (unpaired) electrons. The molecule has 0 spiro atoms. The summed E-state index contributed by atoms with van der Waals surface area (Å²) in [6, 6.07) is 6.19. The van der Waals surface area contributed by atoms with Crippen LogP contribution >= 0.6 is 0 Å². The molecule has 2 rings (SSSR count). The van der Waals surface area contributed by atoms with Crippen molar-refractivity contribution in [3.63, 3.8) is 0 Å². The number of hydrogen-bond donors (Lipinski definition) is 1. The number of hydrogen-bond acceptors (Lipinski definition) is 3. The molecule has 0 fully saturated rings. The second kappa shape index (κ2) is 5.53. The minimum Gasteiger partial charge on any atom is -0.308 e. The van der Waals surface area contributed by atoms with Crippen LogP contribution in [0.2, 0.25) is 0 Å². The highest BCUT2D eigenvalue weighted by Crippen LogP contribution is 2.06. The maximum Gasteiger partial charge on any atom is 0.0831 e. The van der Waals surface area contributed by atoms with E-state index in [0.29, 0.717) is 0 Å². The van der Waals surface area contributed by atoms with E-state index >= 15 is 0 Å². The summed E-state index contributed by atoms with van der Waals surface area (Å²) in [6.45, 7) is 10.0. The van der Waals surface area contributed by atoms with Gasteiger partial charge >= 0.3 is 0 Å². The monoisotopic (exact) mass is 258 g/mol. The fraction of sp³-hybridized carbons (Fsp3) is 0.467. The average molecular weight is 258 g/mol. The summed E-state index contributed by atoms with van der Waals surface area (Å²) in [6.07, 6.45) is 3.91.